The summed E-state index contributed by atoms with van der Waals surface area (Å²) in [6, 6.07) is 3.30. The Hall–Kier alpha value is -2.39. The zero-order valence-electron chi connectivity index (χ0n) is 15.9. The van der Waals surface area contributed by atoms with Crippen molar-refractivity contribution in [1.29, 1.82) is 0 Å². The molecule has 9 heteroatoms. The van der Waals surface area contributed by atoms with E-state index in [-0.39, 0.29) is 27.8 Å². The number of esters is 2. The molecule has 7 nitrogen and oxygen atoms in total. The smallest absolute Gasteiger partial charge is 0.348 e. The van der Waals surface area contributed by atoms with Crippen LogP contribution in [0, 0.1) is 6.92 Å². The average molecular weight is 470 g/mol. The summed E-state index contributed by atoms with van der Waals surface area (Å²) in [5.41, 5.74) is 1.03. The van der Waals surface area contributed by atoms with Gasteiger partial charge in [-0.25, -0.2) is 14.6 Å². The number of phenols is 1. The van der Waals surface area contributed by atoms with Gasteiger partial charge in [-0.15, -0.1) is 11.3 Å². The molecule has 0 amide bonds. The van der Waals surface area contributed by atoms with Crippen LogP contribution < -0.4 is 4.74 Å². The number of carbonyl (C=O) groups is 2. The molecule has 0 aliphatic heterocycles. The van der Waals surface area contributed by atoms with E-state index in [9.17, 15) is 14.7 Å². The fraction of sp³-hybridized carbons (Fsp3) is 0.316. The molecule has 0 fully saturated rings. The minimum absolute atomic E-state index is 0.0760. The molecule has 2 aromatic rings. The highest BCUT2D eigenvalue weighted by Crippen LogP contribution is 2.38. The number of rotatable bonds is 7. The Morgan fingerprint density at radius 1 is 1.25 bits per heavy atom. The zero-order chi connectivity index (χ0) is 20.8. The number of nitrogens with zero attached hydrogens (tertiary/aromatic N) is 1. The maximum Gasteiger partial charge on any atom is 0.348 e. The minimum Gasteiger partial charge on any atom is -0.504 e. The first-order valence-electron chi connectivity index (χ1n) is 8.42. The van der Waals surface area contributed by atoms with Gasteiger partial charge in [-0.1, -0.05) is 15.9 Å². The Labute approximate surface area is 175 Å². The molecule has 0 saturated carbocycles. The lowest BCUT2D eigenvalue weighted by Crippen LogP contribution is -2.07. The second-order valence-corrected chi connectivity index (χ2v) is 7.40. The molecular formula is C19H20BrNO6S. The fourth-order valence-corrected chi connectivity index (χ4v) is 3.92. The van der Waals surface area contributed by atoms with Crippen molar-refractivity contribution in [2.45, 2.75) is 20.8 Å². The number of methoxy groups -OCH3 is 1. The van der Waals surface area contributed by atoms with Crippen LogP contribution in [-0.4, -0.2) is 43.6 Å². The summed E-state index contributed by atoms with van der Waals surface area (Å²) in [6.07, 6.45) is 1.40. The van der Waals surface area contributed by atoms with Crippen LogP contribution in [0.1, 0.15) is 45.0 Å². The summed E-state index contributed by atoms with van der Waals surface area (Å²) in [5, 5.41) is 10.7. The molecule has 2 rings (SSSR count). The summed E-state index contributed by atoms with van der Waals surface area (Å²) >= 11 is 4.38. The average Bonchev–Trinajstić information content (AvgIpc) is 2.99. The highest BCUT2D eigenvalue weighted by atomic mass is 79.9. The van der Waals surface area contributed by atoms with E-state index in [1.165, 1.54) is 13.3 Å². The number of halogens is 1. The van der Waals surface area contributed by atoms with Crippen LogP contribution in [0.25, 0.3) is 0 Å². The molecule has 0 atom stereocenters. The van der Waals surface area contributed by atoms with E-state index in [0.717, 1.165) is 11.3 Å². The molecule has 0 saturated heterocycles. The summed E-state index contributed by atoms with van der Waals surface area (Å²) in [6.45, 7) is 5.72. The number of hydrogen-bond acceptors (Lipinski definition) is 8. The van der Waals surface area contributed by atoms with E-state index in [4.69, 9.17) is 14.2 Å². The molecular weight excluding hydrogens is 450 g/mol. The van der Waals surface area contributed by atoms with Gasteiger partial charge in [0, 0.05) is 16.3 Å². The normalized spacial score (nSPS) is 10.9. The van der Waals surface area contributed by atoms with Crippen molar-refractivity contribution in [3.63, 3.8) is 0 Å². The van der Waals surface area contributed by atoms with Gasteiger partial charge in [0.15, 0.2) is 11.5 Å². The van der Waals surface area contributed by atoms with Crippen molar-refractivity contribution < 1.29 is 28.9 Å². The van der Waals surface area contributed by atoms with Crippen LogP contribution in [0.2, 0.25) is 0 Å². The van der Waals surface area contributed by atoms with Gasteiger partial charge >= 0.3 is 11.9 Å². The van der Waals surface area contributed by atoms with E-state index >= 15 is 0 Å². The third-order valence-electron chi connectivity index (χ3n) is 3.67. The van der Waals surface area contributed by atoms with Gasteiger partial charge in [-0.3, -0.25) is 0 Å². The summed E-state index contributed by atoms with van der Waals surface area (Å²) in [7, 11) is 1.27. The van der Waals surface area contributed by atoms with Crippen LogP contribution in [-0.2, 0) is 9.47 Å². The number of carbonyl (C=O) groups excluding carboxylic acids is 2. The van der Waals surface area contributed by atoms with E-state index in [2.05, 4.69) is 20.9 Å². The Morgan fingerprint density at radius 3 is 2.57 bits per heavy atom. The largest absolute Gasteiger partial charge is 0.504 e. The van der Waals surface area contributed by atoms with Crippen molar-refractivity contribution >= 4 is 50.4 Å². The van der Waals surface area contributed by atoms with Crippen molar-refractivity contribution in [3.05, 3.63) is 38.2 Å². The van der Waals surface area contributed by atoms with Crippen LogP contribution >= 0.6 is 27.3 Å². The molecule has 1 N–H and O–H groups in total. The maximum atomic E-state index is 12.4. The number of ether oxygens (including phenoxy) is 3. The first-order valence-corrected chi connectivity index (χ1v) is 10.0. The third-order valence-corrected chi connectivity index (χ3v) is 5.31. The maximum absolute atomic E-state index is 12.4. The molecule has 150 valence electrons. The number of aromatic hydroxyl groups is 1. The standard InChI is InChI=1S/C19H20BrNO6S/c1-5-26-13-8-12(20)7-11(15(13)22)9-21-17-14(18(23)27-6-2)10(3)16(28-17)19(24)25-4/h7-9,22H,5-6H2,1-4H3/b21-9+. The molecule has 0 spiro atoms. The van der Waals surface area contributed by atoms with Crippen molar-refractivity contribution in [3.8, 4) is 11.5 Å². The lowest BCUT2D eigenvalue weighted by atomic mass is 10.1. The zero-order valence-corrected chi connectivity index (χ0v) is 18.3. The number of phenolic OH excluding ortho intramolecular Hbond substituents is 1. The SMILES string of the molecule is CCOC(=O)c1c(/N=C/c2cc(Br)cc(OCC)c2O)sc(C(=O)OC)c1C. The Morgan fingerprint density at radius 2 is 1.96 bits per heavy atom. The molecule has 0 aliphatic rings. The second kappa shape index (κ2) is 9.70. The highest BCUT2D eigenvalue weighted by molar-refractivity contribution is 9.10. The lowest BCUT2D eigenvalue weighted by Gasteiger charge is -2.08. The predicted molar refractivity (Wildman–Crippen MR) is 111 cm³/mol. The highest BCUT2D eigenvalue weighted by Gasteiger charge is 2.25. The van der Waals surface area contributed by atoms with E-state index in [1.807, 2.05) is 6.92 Å². The van der Waals surface area contributed by atoms with Gasteiger partial charge in [0.05, 0.1) is 20.3 Å². The minimum atomic E-state index is -0.577. The van der Waals surface area contributed by atoms with Crippen LogP contribution in [0.3, 0.4) is 0 Å². The van der Waals surface area contributed by atoms with E-state index in [1.54, 1.807) is 26.0 Å². The molecule has 28 heavy (non-hydrogen) atoms. The van der Waals surface area contributed by atoms with Crippen molar-refractivity contribution in [2.75, 3.05) is 20.3 Å². The van der Waals surface area contributed by atoms with Gasteiger partial charge in [0.1, 0.15) is 15.4 Å². The molecule has 0 radical (unpaired) electrons. The first-order chi connectivity index (χ1) is 13.3. The Balaban J connectivity index is 2.53. The van der Waals surface area contributed by atoms with Gasteiger partial charge in [-0.05, 0) is 38.5 Å². The molecule has 0 bridgehead atoms. The fourth-order valence-electron chi connectivity index (χ4n) is 2.41. The van der Waals surface area contributed by atoms with Gasteiger partial charge in [0.2, 0.25) is 0 Å². The monoisotopic (exact) mass is 469 g/mol. The van der Waals surface area contributed by atoms with Gasteiger partial charge < -0.3 is 19.3 Å². The Kier molecular flexibility index (Phi) is 7.59. The topological polar surface area (TPSA) is 94.4 Å². The van der Waals surface area contributed by atoms with Crippen molar-refractivity contribution in [1.82, 2.24) is 0 Å². The number of benzene rings is 1. The molecule has 0 unspecified atom stereocenters. The lowest BCUT2D eigenvalue weighted by molar-refractivity contribution is 0.0527. The summed E-state index contributed by atoms with van der Waals surface area (Å²) in [4.78, 5) is 29.0. The molecule has 1 heterocycles. The molecule has 1 aromatic carbocycles. The van der Waals surface area contributed by atoms with Gasteiger partial charge in [0.25, 0.3) is 0 Å². The van der Waals surface area contributed by atoms with Crippen LogP contribution in [0.4, 0.5) is 5.00 Å². The first kappa shape index (κ1) is 21.9. The predicted octanol–water partition coefficient (Wildman–Crippen LogP) is 4.64. The second-order valence-electron chi connectivity index (χ2n) is 5.48. The van der Waals surface area contributed by atoms with E-state index in [0.29, 0.717) is 28.0 Å². The van der Waals surface area contributed by atoms with E-state index < -0.39 is 11.9 Å². The summed E-state index contributed by atoms with van der Waals surface area (Å²) < 4.78 is 15.9. The van der Waals surface area contributed by atoms with Crippen molar-refractivity contribution in [2.24, 2.45) is 4.99 Å². The summed E-state index contributed by atoms with van der Waals surface area (Å²) in [5.74, 6) is -0.903. The molecule has 0 aliphatic carbocycles. The van der Waals surface area contributed by atoms with Crippen LogP contribution in [0.5, 0.6) is 11.5 Å². The number of thiophene rings is 1. The van der Waals surface area contributed by atoms with Crippen LogP contribution in [0.15, 0.2) is 21.6 Å². The van der Waals surface area contributed by atoms with Gasteiger partial charge in [-0.2, -0.15) is 0 Å². The number of aliphatic imine (C=N–C) groups is 1. The Bertz CT molecular complexity index is 922. The number of hydrogen-bond donors (Lipinski definition) is 1. The quantitative estimate of drug-likeness (QED) is 0.468. The third kappa shape index (κ3) is 4.71. The molecule has 1 aromatic heterocycles.